The molecule has 152 valence electrons. The summed E-state index contributed by atoms with van der Waals surface area (Å²) in [6.45, 7) is 2.04. The van der Waals surface area contributed by atoms with E-state index in [9.17, 15) is 18.8 Å². The Balaban J connectivity index is 1.58. The number of carbonyl (C=O) groups is 3. The van der Waals surface area contributed by atoms with E-state index in [1.54, 1.807) is 18.2 Å². The number of rotatable bonds is 4. The van der Waals surface area contributed by atoms with E-state index in [1.165, 1.54) is 36.1 Å². The van der Waals surface area contributed by atoms with Crippen molar-refractivity contribution >= 4 is 29.4 Å². The fourth-order valence-corrected chi connectivity index (χ4v) is 3.47. The number of esters is 1. The third kappa shape index (κ3) is 5.12. The van der Waals surface area contributed by atoms with Crippen LogP contribution in [0.5, 0.6) is 5.75 Å². The average Bonchev–Trinajstić information content (AvgIpc) is 2.68. The molecular formula is C21H20ClFN2O4. The molecule has 0 aromatic heterocycles. The summed E-state index contributed by atoms with van der Waals surface area (Å²) in [6.07, 6.45) is 1.07. The number of hydrogen-bond donors (Lipinski definition) is 1. The highest BCUT2D eigenvalue weighted by atomic mass is 35.5. The molecule has 0 atom stereocenters. The Bertz CT molecular complexity index is 922. The minimum absolute atomic E-state index is 0.0816. The molecule has 1 fully saturated rings. The van der Waals surface area contributed by atoms with Gasteiger partial charge in [0.15, 0.2) is 0 Å². The van der Waals surface area contributed by atoms with Crippen molar-refractivity contribution in [2.75, 3.05) is 13.1 Å². The Morgan fingerprint density at radius 1 is 1.14 bits per heavy atom. The number of nitrogens with one attached hydrogen (secondary N) is 1. The zero-order valence-corrected chi connectivity index (χ0v) is 16.5. The second-order valence-corrected chi connectivity index (χ2v) is 7.17. The van der Waals surface area contributed by atoms with E-state index in [1.807, 2.05) is 0 Å². The maximum atomic E-state index is 14.0. The highest BCUT2D eigenvalue weighted by Crippen LogP contribution is 2.23. The van der Waals surface area contributed by atoms with Gasteiger partial charge in [-0.1, -0.05) is 23.7 Å². The number of benzene rings is 2. The summed E-state index contributed by atoms with van der Waals surface area (Å²) in [5, 5.41) is 3.00. The van der Waals surface area contributed by atoms with E-state index >= 15 is 0 Å². The maximum absolute atomic E-state index is 14.0. The number of nitrogens with zero attached hydrogens (tertiary/aromatic N) is 1. The first-order valence-electron chi connectivity index (χ1n) is 9.18. The van der Waals surface area contributed by atoms with Crippen LogP contribution in [-0.2, 0) is 4.79 Å². The molecule has 0 spiro atoms. The number of likely N-dealkylation sites (tertiary alicyclic amines) is 1. The molecule has 0 radical (unpaired) electrons. The van der Waals surface area contributed by atoms with E-state index in [0.717, 1.165) is 0 Å². The van der Waals surface area contributed by atoms with Gasteiger partial charge in [-0.3, -0.25) is 14.4 Å². The zero-order valence-electron chi connectivity index (χ0n) is 15.8. The lowest BCUT2D eigenvalue weighted by molar-refractivity contribution is -0.131. The zero-order chi connectivity index (χ0) is 21.0. The first kappa shape index (κ1) is 20.8. The lowest BCUT2D eigenvalue weighted by Gasteiger charge is -2.32. The first-order chi connectivity index (χ1) is 13.8. The Kier molecular flexibility index (Phi) is 6.49. The van der Waals surface area contributed by atoms with E-state index < -0.39 is 17.7 Å². The minimum atomic E-state index is -0.648. The van der Waals surface area contributed by atoms with Crippen molar-refractivity contribution in [3.8, 4) is 5.75 Å². The van der Waals surface area contributed by atoms with Gasteiger partial charge >= 0.3 is 5.97 Å². The quantitative estimate of drug-likeness (QED) is 0.609. The second-order valence-electron chi connectivity index (χ2n) is 6.76. The van der Waals surface area contributed by atoms with Crippen molar-refractivity contribution in [1.82, 2.24) is 10.2 Å². The van der Waals surface area contributed by atoms with Crippen molar-refractivity contribution < 1.29 is 23.5 Å². The monoisotopic (exact) mass is 418 g/mol. The van der Waals surface area contributed by atoms with Gasteiger partial charge in [0, 0.05) is 31.6 Å². The predicted octanol–water partition coefficient (Wildman–Crippen LogP) is 3.44. The average molecular weight is 419 g/mol. The standard InChI is InChI=1S/C21H20ClFN2O4/c1-13(26)29-16-5-2-4-14(12-16)20(27)24-15-8-10-25(11-9-15)21(28)19-17(22)6-3-7-18(19)23/h2-7,12,15H,8-11H2,1H3,(H,24,27). The third-order valence-corrected chi connectivity index (χ3v) is 4.97. The third-order valence-electron chi connectivity index (χ3n) is 4.65. The van der Waals surface area contributed by atoms with Gasteiger partial charge in [-0.05, 0) is 43.2 Å². The van der Waals surface area contributed by atoms with E-state index in [-0.39, 0.29) is 22.5 Å². The predicted molar refractivity (Wildman–Crippen MR) is 106 cm³/mol. The molecule has 1 aliphatic rings. The summed E-state index contributed by atoms with van der Waals surface area (Å²) in [7, 11) is 0. The van der Waals surface area contributed by atoms with Gasteiger partial charge in [0.05, 0.1) is 10.6 Å². The van der Waals surface area contributed by atoms with Crippen LogP contribution in [0.25, 0.3) is 0 Å². The largest absolute Gasteiger partial charge is 0.427 e. The molecule has 0 saturated carbocycles. The first-order valence-corrected chi connectivity index (χ1v) is 9.55. The summed E-state index contributed by atoms with van der Waals surface area (Å²) >= 11 is 5.98. The van der Waals surface area contributed by atoms with Gasteiger partial charge in [-0.2, -0.15) is 0 Å². The molecule has 2 amide bonds. The Labute approximate surface area is 172 Å². The number of ether oxygens (including phenoxy) is 1. The van der Waals surface area contributed by atoms with E-state index in [0.29, 0.717) is 37.2 Å². The van der Waals surface area contributed by atoms with Crippen LogP contribution >= 0.6 is 11.6 Å². The van der Waals surface area contributed by atoms with Crippen molar-refractivity contribution in [1.29, 1.82) is 0 Å². The van der Waals surface area contributed by atoms with E-state index in [4.69, 9.17) is 16.3 Å². The summed E-state index contributed by atoms with van der Waals surface area (Å²) < 4.78 is 19.0. The SMILES string of the molecule is CC(=O)Oc1cccc(C(=O)NC2CCN(C(=O)c3c(F)cccc3Cl)CC2)c1. The molecular weight excluding hydrogens is 399 g/mol. The van der Waals surface area contributed by atoms with Gasteiger partial charge in [-0.25, -0.2) is 4.39 Å². The van der Waals surface area contributed by atoms with Crippen LogP contribution in [0.1, 0.15) is 40.5 Å². The molecule has 2 aromatic carbocycles. The van der Waals surface area contributed by atoms with Crippen LogP contribution in [0.3, 0.4) is 0 Å². The molecule has 3 rings (SSSR count). The molecule has 1 saturated heterocycles. The molecule has 8 heteroatoms. The van der Waals surface area contributed by atoms with Gasteiger partial charge < -0.3 is 15.0 Å². The molecule has 1 aliphatic heterocycles. The van der Waals surface area contributed by atoms with Crippen LogP contribution < -0.4 is 10.1 Å². The highest BCUT2D eigenvalue weighted by molar-refractivity contribution is 6.33. The normalized spacial score (nSPS) is 14.4. The lowest BCUT2D eigenvalue weighted by atomic mass is 10.0. The van der Waals surface area contributed by atoms with Crippen LogP contribution in [0.4, 0.5) is 4.39 Å². The number of hydrogen-bond acceptors (Lipinski definition) is 4. The highest BCUT2D eigenvalue weighted by Gasteiger charge is 2.27. The Morgan fingerprint density at radius 3 is 2.48 bits per heavy atom. The summed E-state index contributed by atoms with van der Waals surface area (Å²) in [5.74, 6) is -1.56. The number of halogens is 2. The number of carbonyl (C=O) groups excluding carboxylic acids is 3. The van der Waals surface area contributed by atoms with Crippen molar-refractivity contribution in [3.05, 3.63) is 64.4 Å². The molecule has 2 aromatic rings. The minimum Gasteiger partial charge on any atom is -0.427 e. The smallest absolute Gasteiger partial charge is 0.308 e. The van der Waals surface area contributed by atoms with Crippen LogP contribution in [0, 0.1) is 5.82 Å². The summed E-state index contributed by atoms with van der Waals surface area (Å²) in [4.78, 5) is 37.7. The molecule has 0 bridgehead atoms. The van der Waals surface area contributed by atoms with Crippen LogP contribution in [0.2, 0.25) is 5.02 Å². The number of amides is 2. The molecule has 6 nitrogen and oxygen atoms in total. The number of piperidine rings is 1. The second kappa shape index (κ2) is 9.05. The summed E-state index contributed by atoms with van der Waals surface area (Å²) in [6, 6.07) is 10.4. The van der Waals surface area contributed by atoms with Gasteiger partial charge in [0.1, 0.15) is 11.6 Å². The molecule has 29 heavy (non-hydrogen) atoms. The van der Waals surface area contributed by atoms with Gasteiger partial charge in [-0.15, -0.1) is 0 Å². The molecule has 0 aliphatic carbocycles. The van der Waals surface area contributed by atoms with Crippen LogP contribution in [-0.4, -0.2) is 41.8 Å². The molecule has 0 unspecified atom stereocenters. The van der Waals surface area contributed by atoms with Crippen LogP contribution in [0.15, 0.2) is 42.5 Å². The topological polar surface area (TPSA) is 75.7 Å². The molecule has 1 heterocycles. The van der Waals surface area contributed by atoms with Gasteiger partial charge in [0.25, 0.3) is 11.8 Å². The van der Waals surface area contributed by atoms with Gasteiger partial charge in [0.2, 0.25) is 0 Å². The maximum Gasteiger partial charge on any atom is 0.308 e. The fourth-order valence-electron chi connectivity index (χ4n) is 3.22. The van der Waals surface area contributed by atoms with E-state index in [2.05, 4.69) is 5.32 Å². The Hall–Kier alpha value is -2.93. The summed E-state index contributed by atoms with van der Waals surface area (Å²) in [5.41, 5.74) is 0.249. The van der Waals surface area contributed by atoms with Crippen molar-refractivity contribution in [2.45, 2.75) is 25.8 Å². The lowest BCUT2D eigenvalue weighted by Crippen LogP contribution is -2.46. The fraction of sp³-hybridized carbons (Fsp3) is 0.286. The van der Waals surface area contributed by atoms with Crippen molar-refractivity contribution in [3.63, 3.8) is 0 Å². The van der Waals surface area contributed by atoms with Crippen molar-refractivity contribution in [2.24, 2.45) is 0 Å². The molecule has 1 N–H and O–H groups in total. The Morgan fingerprint density at radius 2 is 1.83 bits per heavy atom.